The summed E-state index contributed by atoms with van der Waals surface area (Å²) in [6, 6.07) is 0. The molecule has 6 nitrogen and oxygen atoms in total. The fourth-order valence-electron chi connectivity index (χ4n) is 1.05. The van der Waals surface area contributed by atoms with Gasteiger partial charge in [-0.05, 0) is 6.92 Å². The number of aromatic nitrogens is 3. The second kappa shape index (κ2) is 5.21. The van der Waals surface area contributed by atoms with Crippen molar-refractivity contribution in [3.8, 4) is 0 Å². The van der Waals surface area contributed by atoms with Crippen LogP contribution in [0.15, 0.2) is 11.3 Å². The Labute approximate surface area is 83.2 Å². The van der Waals surface area contributed by atoms with Crippen LogP contribution in [0.2, 0.25) is 0 Å². The highest BCUT2D eigenvalue weighted by molar-refractivity contribution is 5.77. The maximum Gasteiger partial charge on any atom is 0.188 e. The first-order chi connectivity index (χ1) is 6.74. The van der Waals surface area contributed by atoms with Gasteiger partial charge >= 0.3 is 0 Å². The van der Waals surface area contributed by atoms with Crippen LogP contribution < -0.4 is 11.1 Å². The van der Waals surface area contributed by atoms with Crippen molar-refractivity contribution in [2.24, 2.45) is 17.8 Å². The third kappa shape index (κ3) is 3.04. The number of hydrogen-bond acceptors (Lipinski definition) is 3. The molecule has 3 N–H and O–H groups in total. The lowest BCUT2D eigenvalue weighted by Gasteiger charge is -2.01. The Morgan fingerprint density at radius 3 is 3.07 bits per heavy atom. The zero-order valence-electron chi connectivity index (χ0n) is 8.56. The van der Waals surface area contributed by atoms with E-state index in [0.717, 1.165) is 18.8 Å². The third-order valence-electron chi connectivity index (χ3n) is 1.78. The molecule has 0 saturated carbocycles. The molecule has 0 aromatic carbocycles. The molecule has 1 aromatic rings. The summed E-state index contributed by atoms with van der Waals surface area (Å²) in [5.41, 5.74) is 5.56. The molecule has 78 valence electrons. The maximum absolute atomic E-state index is 5.56. The fraction of sp³-hybridized carbons (Fsp3) is 0.625. The van der Waals surface area contributed by atoms with Gasteiger partial charge < -0.3 is 15.6 Å². The number of nitrogens with two attached hydrogens (primary N) is 1. The van der Waals surface area contributed by atoms with Gasteiger partial charge in [-0.1, -0.05) is 0 Å². The molecule has 1 heterocycles. The van der Waals surface area contributed by atoms with Crippen molar-refractivity contribution in [2.75, 3.05) is 13.1 Å². The molecule has 0 saturated heterocycles. The van der Waals surface area contributed by atoms with Crippen molar-refractivity contribution < 1.29 is 0 Å². The molecule has 0 unspecified atom stereocenters. The number of nitrogens with one attached hydrogen (secondary N) is 1. The average molecular weight is 196 g/mol. The number of rotatable bonds is 4. The van der Waals surface area contributed by atoms with Crippen molar-refractivity contribution in [1.29, 1.82) is 0 Å². The van der Waals surface area contributed by atoms with Crippen LogP contribution in [-0.4, -0.2) is 33.8 Å². The van der Waals surface area contributed by atoms with Gasteiger partial charge in [-0.15, -0.1) is 10.2 Å². The molecule has 1 aromatic heterocycles. The first-order valence-corrected chi connectivity index (χ1v) is 4.60. The smallest absolute Gasteiger partial charge is 0.188 e. The van der Waals surface area contributed by atoms with Gasteiger partial charge in [0.05, 0.1) is 0 Å². The first kappa shape index (κ1) is 10.5. The van der Waals surface area contributed by atoms with E-state index in [-0.39, 0.29) is 0 Å². The molecule has 0 aliphatic carbocycles. The summed E-state index contributed by atoms with van der Waals surface area (Å²) >= 11 is 0. The van der Waals surface area contributed by atoms with Crippen molar-refractivity contribution in [3.63, 3.8) is 0 Å². The van der Waals surface area contributed by atoms with Crippen molar-refractivity contribution >= 4 is 5.96 Å². The molecule has 0 fully saturated rings. The van der Waals surface area contributed by atoms with Crippen molar-refractivity contribution in [3.05, 3.63) is 12.2 Å². The third-order valence-corrected chi connectivity index (χ3v) is 1.78. The van der Waals surface area contributed by atoms with E-state index in [1.165, 1.54) is 0 Å². The summed E-state index contributed by atoms with van der Waals surface area (Å²) in [5, 5.41) is 10.6. The molecule has 0 aliphatic rings. The van der Waals surface area contributed by atoms with Gasteiger partial charge in [0, 0.05) is 26.6 Å². The van der Waals surface area contributed by atoms with E-state index in [1.807, 2.05) is 18.5 Å². The van der Waals surface area contributed by atoms with Gasteiger partial charge in [0.25, 0.3) is 0 Å². The number of nitrogens with zero attached hydrogens (tertiary/aromatic N) is 4. The lowest BCUT2D eigenvalue weighted by Crippen LogP contribution is -2.31. The molecular formula is C8H16N6. The SMILES string of the molecule is CCNC(N)=NCCc1nncn1C. The zero-order chi connectivity index (χ0) is 10.4. The molecule has 14 heavy (non-hydrogen) atoms. The van der Waals surface area contributed by atoms with E-state index in [2.05, 4.69) is 20.5 Å². The van der Waals surface area contributed by atoms with E-state index >= 15 is 0 Å². The number of hydrogen-bond donors (Lipinski definition) is 2. The van der Waals surface area contributed by atoms with Gasteiger partial charge in [0.1, 0.15) is 12.2 Å². The molecule has 0 aliphatic heterocycles. The quantitative estimate of drug-likeness (QED) is 0.492. The van der Waals surface area contributed by atoms with Crippen LogP contribution in [0.5, 0.6) is 0 Å². The Hall–Kier alpha value is -1.59. The van der Waals surface area contributed by atoms with Gasteiger partial charge in [0.15, 0.2) is 5.96 Å². The van der Waals surface area contributed by atoms with Gasteiger partial charge in [-0.3, -0.25) is 4.99 Å². The zero-order valence-corrected chi connectivity index (χ0v) is 8.56. The highest BCUT2D eigenvalue weighted by atomic mass is 15.2. The second-order valence-corrected chi connectivity index (χ2v) is 2.91. The molecule has 1 rings (SSSR count). The van der Waals surface area contributed by atoms with E-state index in [4.69, 9.17) is 5.73 Å². The minimum absolute atomic E-state index is 0.481. The van der Waals surface area contributed by atoms with Crippen LogP contribution in [-0.2, 0) is 13.5 Å². The Balaban J connectivity index is 2.35. The highest BCUT2D eigenvalue weighted by Gasteiger charge is 1.98. The lowest BCUT2D eigenvalue weighted by molar-refractivity contribution is 0.773. The predicted octanol–water partition coefficient (Wildman–Crippen LogP) is -0.718. The van der Waals surface area contributed by atoms with Crippen LogP contribution in [0.3, 0.4) is 0 Å². The van der Waals surface area contributed by atoms with Gasteiger partial charge in [-0.25, -0.2) is 0 Å². The molecule has 0 spiro atoms. The number of aryl methyl sites for hydroxylation is 1. The van der Waals surface area contributed by atoms with Gasteiger partial charge in [0.2, 0.25) is 0 Å². The second-order valence-electron chi connectivity index (χ2n) is 2.91. The van der Waals surface area contributed by atoms with Crippen molar-refractivity contribution in [1.82, 2.24) is 20.1 Å². The maximum atomic E-state index is 5.56. The van der Waals surface area contributed by atoms with E-state index in [1.54, 1.807) is 6.33 Å². The lowest BCUT2D eigenvalue weighted by atomic mass is 10.4. The Bertz CT molecular complexity index is 303. The van der Waals surface area contributed by atoms with Crippen LogP contribution in [0.1, 0.15) is 12.7 Å². The molecule has 6 heteroatoms. The summed E-state index contributed by atoms with van der Waals surface area (Å²) < 4.78 is 1.87. The van der Waals surface area contributed by atoms with Crippen LogP contribution in [0, 0.1) is 0 Å². The summed E-state index contributed by atoms with van der Waals surface area (Å²) in [6.45, 7) is 3.40. The predicted molar refractivity (Wildman–Crippen MR) is 54.9 cm³/mol. The Morgan fingerprint density at radius 1 is 1.71 bits per heavy atom. The van der Waals surface area contributed by atoms with E-state index in [0.29, 0.717) is 12.5 Å². The number of aliphatic imine (C=N–C) groups is 1. The standard InChI is InChI=1S/C8H16N6/c1-3-10-8(9)11-5-4-7-13-12-6-14(7)2/h6H,3-5H2,1-2H3,(H3,9,10,11). The van der Waals surface area contributed by atoms with E-state index in [9.17, 15) is 0 Å². The highest BCUT2D eigenvalue weighted by Crippen LogP contribution is 1.92. The molecule has 0 bridgehead atoms. The summed E-state index contributed by atoms with van der Waals surface area (Å²) in [6.07, 6.45) is 2.43. The molecule has 0 amide bonds. The summed E-state index contributed by atoms with van der Waals surface area (Å²) in [7, 11) is 1.91. The monoisotopic (exact) mass is 196 g/mol. The van der Waals surface area contributed by atoms with Gasteiger partial charge in [-0.2, -0.15) is 0 Å². The van der Waals surface area contributed by atoms with Crippen molar-refractivity contribution in [2.45, 2.75) is 13.3 Å². The topological polar surface area (TPSA) is 81.1 Å². The molecular weight excluding hydrogens is 180 g/mol. The minimum atomic E-state index is 0.481. The normalized spacial score (nSPS) is 11.7. The largest absolute Gasteiger partial charge is 0.370 e. The molecule has 0 radical (unpaired) electrons. The minimum Gasteiger partial charge on any atom is -0.370 e. The van der Waals surface area contributed by atoms with Crippen LogP contribution >= 0.6 is 0 Å². The van der Waals surface area contributed by atoms with Crippen LogP contribution in [0.25, 0.3) is 0 Å². The summed E-state index contributed by atoms with van der Waals surface area (Å²) in [4.78, 5) is 4.13. The summed E-state index contributed by atoms with van der Waals surface area (Å²) in [5.74, 6) is 1.40. The number of guanidine groups is 1. The van der Waals surface area contributed by atoms with Crippen LogP contribution in [0.4, 0.5) is 0 Å². The molecule has 0 atom stereocenters. The Kier molecular flexibility index (Phi) is 3.90. The fourth-order valence-corrected chi connectivity index (χ4v) is 1.05. The van der Waals surface area contributed by atoms with E-state index < -0.39 is 0 Å². The Morgan fingerprint density at radius 2 is 2.50 bits per heavy atom. The first-order valence-electron chi connectivity index (χ1n) is 4.60. The average Bonchev–Trinajstić information content (AvgIpc) is 2.52.